The Bertz CT molecular complexity index is 288. The van der Waals surface area contributed by atoms with E-state index in [2.05, 4.69) is 10.3 Å². The van der Waals surface area contributed by atoms with E-state index in [1.807, 2.05) is 26.0 Å². The summed E-state index contributed by atoms with van der Waals surface area (Å²) >= 11 is 0. The highest BCUT2D eigenvalue weighted by Crippen LogP contribution is 2.20. The van der Waals surface area contributed by atoms with Crippen LogP contribution in [0.1, 0.15) is 19.5 Å². The molecule has 2 N–H and O–H groups in total. The lowest BCUT2D eigenvalue weighted by atomic mass is 9.89. The fourth-order valence-corrected chi connectivity index (χ4v) is 1.36. The van der Waals surface area contributed by atoms with Crippen LogP contribution in [0.25, 0.3) is 0 Å². The van der Waals surface area contributed by atoms with Crippen LogP contribution in [0.5, 0.6) is 0 Å². The molecule has 2 nitrogen and oxygen atoms in total. The first kappa shape index (κ1) is 12.1. The molecule has 0 amide bonds. The van der Waals surface area contributed by atoms with Gasteiger partial charge < -0.3 is 10.3 Å². The highest BCUT2D eigenvalue weighted by atomic mass is 19.4. The van der Waals surface area contributed by atoms with E-state index in [1.54, 1.807) is 6.20 Å². The molecule has 0 unspecified atom stereocenters. The zero-order valence-electron chi connectivity index (χ0n) is 8.78. The first-order chi connectivity index (χ1) is 6.81. The molecule has 86 valence electrons. The molecule has 0 aliphatic rings. The molecule has 0 bridgehead atoms. The van der Waals surface area contributed by atoms with Crippen molar-refractivity contribution in [2.75, 3.05) is 13.1 Å². The number of hydrogen-bond donors (Lipinski definition) is 2. The molecule has 1 aromatic rings. The zero-order chi connectivity index (χ0) is 11.5. The van der Waals surface area contributed by atoms with Crippen LogP contribution in [0.4, 0.5) is 13.2 Å². The van der Waals surface area contributed by atoms with E-state index >= 15 is 0 Å². The second kappa shape index (κ2) is 4.26. The average Bonchev–Trinajstić information content (AvgIpc) is 2.52. The summed E-state index contributed by atoms with van der Waals surface area (Å²) in [6.45, 7) is 3.12. The molecule has 1 aromatic heterocycles. The van der Waals surface area contributed by atoms with Gasteiger partial charge in [-0.25, -0.2) is 0 Å². The lowest BCUT2D eigenvalue weighted by molar-refractivity contribution is -0.125. The van der Waals surface area contributed by atoms with Crippen LogP contribution >= 0.6 is 0 Å². The summed E-state index contributed by atoms with van der Waals surface area (Å²) in [7, 11) is 0. The Kier molecular flexibility index (Phi) is 3.44. The highest BCUT2D eigenvalue weighted by Gasteiger charge is 2.28. The van der Waals surface area contributed by atoms with E-state index in [9.17, 15) is 13.2 Å². The van der Waals surface area contributed by atoms with Gasteiger partial charge in [0.2, 0.25) is 0 Å². The Morgan fingerprint density at radius 3 is 2.40 bits per heavy atom. The van der Waals surface area contributed by atoms with Crippen molar-refractivity contribution >= 4 is 0 Å². The lowest BCUT2D eigenvalue weighted by Gasteiger charge is -2.24. The molecule has 0 aliphatic carbocycles. The Labute approximate surface area is 86.9 Å². The van der Waals surface area contributed by atoms with Crippen LogP contribution in [0.2, 0.25) is 0 Å². The number of hydrogen-bond acceptors (Lipinski definition) is 1. The van der Waals surface area contributed by atoms with Crippen LogP contribution in [0.3, 0.4) is 0 Å². The van der Waals surface area contributed by atoms with Crippen molar-refractivity contribution in [3.8, 4) is 0 Å². The number of rotatable bonds is 4. The van der Waals surface area contributed by atoms with Gasteiger partial charge in [-0.1, -0.05) is 13.8 Å². The predicted octanol–water partition coefficient (Wildman–Crippen LogP) is 2.44. The Morgan fingerprint density at radius 2 is 1.93 bits per heavy atom. The summed E-state index contributed by atoms with van der Waals surface area (Å²) < 4.78 is 35.7. The van der Waals surface area contributed by atoms with Crippen molar-refractivity contribution in [3.63, 3.8) is 0 Å². The van der Waals surface area contributed by atoms with Gasteiger partial charge in [0, 0.05) is 23.9 Å². The van der Waals surface area contributed by atoms with Gasteiger partial charge in [-0.05, 0) is 12.1 Å². The third-order valence-electron chi connectivity index (χ3n) is 2.22. The van der Waals surface area contributed by atoms with E-state index in [0.717, 1.165) is 5.69 Å². The van der Waals surface area contributed by atoms with Gasteiger partial charge in [0.25, 0.3) is 0 Å². The number of aromatic nitrogens is 1. The number of aromatic amines is 1. The maximum Gasteiger partial charge on any atom is 0.401 e. The van der Waals surface area contributed by atoms with Crippen LogP contribution in [-0.2, 0) is 5.41 Å². The number of nitrogens with one attached hydrogen (secondary N) is 2. The minimum absolute atomic E-state index is 0.285. The van der Waals surface area contributed by atoms with Crippen molar-refractivity contribution in [1.82, 2.24) is 10.3 Å². The van der Waals surface area contributed by atoms with E-state index in [-0.39, 0.29) is 12.0 Å². The van der Waals surface area contributed by atoms with Crippen molar-refractivity contribution in [3.05, 3.63) is 24.0 Å². The second-order valence-electron chi connectivity index (χ2n) is 4.19. The summed E-state index contributed by atoms with van der Waals surface area (Å²) in [5.74, 6) is 0. The van der Waals surface area contributed by atoms with Crippen molar-refractivity contribution in [1.29, 1.82) is 0 Å². The van der Waals surface area contributed by atoms with E-state index < -0.39 is 12.7 Å². The monoisotopic (exact) mass is 220 g/mol. The fraction of sp³-hybridized carbons (Fsp3) is 0.600. The first-order valence-electron chi connectivity index (χ1n) is 4.73. The SMILES string of the molecule is CC(C)(CNCC(F)(F)F)c1ccc[nH]1. The molecule has 15 heavy (non-hydrogen) atoms. The van der Waals surface area contributed by atoms with Gasteiger partial charge in [-0.2, -0.15) is 13.2 Å². The van der Waals surface area contributed by atoms with Crippen molar-refractivity contribution in [2.45, 2.75) is 25.4 Å². The maximum atomic E-state index is 11.9. The largest absolute Gasteiger partial charge is 0.401 e. The summed E-state index contributed by atoms with van der Waals surface area (Å²) in [6.07, 6.45) is -2.38. The Hall–Kier alpha value is -0.970. The zero-order valence-corrected chi connectivity index (χ0v) is 8.78. The smallest absolute Gasteiger partial charge is 0.365 e. The first-order valence-corrected chi connectivity index (χ1v) is 4.73. The van der Waals surface area contributed by atoms with Gasteiger partial charge >= 0.3 is 6.18 Å². The molecule has 0 atom stereocenters. The molecule has 0 aromatic carbocycles. The lowest BCUT2D eigenvalue weighted by Crippen LogP contribution is -2.38. The average molecular weight is 220 g/mol. The highest BCUT2D eigenvalue weighted by molar-refractivity contribution is 5.15. The van der Waals surface area contributed by atoms with Gasteiger partial charge in [0.05, 0.1) is 6.54 Å². The minimum Gasteiger partial charge on any atom is -0.365 e. The normalized spacial score (nSPS) is 13.1. The van der Waals surface area contributed by atoms with Crippen LogP contribution in [-0.4, -0.2) is 24.2 Å². The third-order valence-corrected chi connectivity index (χ3v) is 2.22. The van der Waals surface area contributed by atoms with Crippen molar-refractivity contribution in [2.24, 2.45) is 0 Å². The number of halogens is 3. The molecule has 0 radical (unpaired) electrons. The fourth-order valence-electron chi connectivity index (χ4n) is 1.36. The minimum atomic E-state index is -4.15. The molecule has 0 saturated carbocycles. The summed E-state index contributed by atoms with van der Waals surface area (Å²) in [5.41, 5.74) is 0.603. The Balaban J connectivity index is 2.44. The van der Waals surface area contributed by atoms with E-state index in [4.69, 9.17) is 0 Å². The maximum absolute atomic E-state index is 11.9. The number of H-pyrrole nitrogens is 1. The molecular formula is C10H15F3N2. The Morgan fingerprint density at radius 1 is 1.27 bits per heavy atom. The molecule has 0 aliphatic heterocycles. The standard InChI is InChI=1S/C10H15F3N2/c1-9(2,8-4-3-5-15-8)6-14-7-10(11,12)13/h3-5,14-15H,6-7H2,1-2H3. The molecule has 1 heterocycles. The summed E-state index contributed by atoms with van der Waals surface area (Å²) in [6, 6.07) is 3.70. The molecule has 0 fully saturated rings. The van der Waals surface area contributed by atoms with E-state index in [0.29, 0.717) is 0 Å². The van der Waals surface area contributed by atoms with Gasteiger partial charge in [0.1, 0.15) is 0 Å². The quantitative estimate of drug-likeness (QED) is 0.801. The van der Waals surface area contributed by atoms with E-state index in [1.165, 1.54) is 0 Å². The molecule has 5 heteroatoms. The molecule has 0 saturated heterocycles. The topological polar surface area (TPSA) is 27.8 Å². The summed E-state index contributed by atoms with van der Waals surface area (Å²) in [4.78, 5) is 3.00. The van der Waals surface area contributed by atoms with Gasteiger partial charge in [-0.3, -0.25) is 0 Å². The van der Waals surface area contributed by atoms with Crippen LogP contribution < -0.4 is 5.32 Å². The molecule has 1 rings (SSSR count). The number of alkyl halides is 3. The van der Waals surface area contributed by atoms with Crippen molar-refractivity contribution < 1.29 is 13.2 Å². The third kappa shape index (κ3) is 3.95. The second-order valence-corrected chi connectivity index (χ2v) is 4.19. The van der Waals surface area contributed by atoms with Gasteiger partial charge in [-0.15, -0.1) is 0 Å². The summed E-state index contributed by atoms with van der Waals surface area (Å²) in [5, 5.41) is 2.41. The predicted molar refractivity (Wildman–Crippen MR) is 52.7 cm³/mol. The van der Waals surface area contributed by atoms with Crippen LogP contribution in [0, 0.1) is 0 Å². The van der Waals surface area contributed by atoms with Gasteiger partial charge in [0.15, 0.2) is 0 Å². The van der Waals surface area contributed by atoms with Crippen LogP contribution in [0.15, 0.2) is 18.3 Å². The molecular weight excluding hydrogens is 205 g/mol. The molecule has 0 spiro atoms.